The van der Waals surface area contributed by atoms with E-state index in [1.165, 1.54) is 13.5 Å². The van der Waals surface area contributed by atoms with Gasteiger partial charge in [-0.2, -0.15) is 0 Å². The maximum absolute atomic E-state index is 14.2. The lowest BCUT2D eigenvalue weighted by molar-refractivity contribution is -0.139. The van der Waals surface area contributed by atoms with Crippen molar-refractivity contribution in [3.8, 4) is 5.75 Å². The van der Waals surface area contributed by atoms with E-state index in [1.54, 1.807) is 18.2 Å². The third-order valence-corrected chi connectivity index (χ3v) is 4.42. The quantitative estimate of drug-likeness (QED) is 0.873. The van der Waals surface area contributed by atoms with E-state index in [0.717, 1.165) is 25.7 Å². The van der Waals surface area contributed by atoms with Gasteiger partial charge in [-0.1, -0.05) is 31.4 Å². The molecule has 1 aromatic carbocycles. The molecule has 1 fully saturated rings. The van der Waals surface area contributed by atoms with Crippen LogP contribution in [0.4, 0.5) is 4.39 Å². The van der Waals surface area contributed by atoms with Gasteiger partial charge in [0, 0.05) is 13.0 Å². The van der Waals surface area contributed by atoms with Crippen LogP contribution in [0.5, 0.6) is 5.75 Å². The highest BCUT2D eigenvalue weighted by Crippen LogP contribution is 2.36. The Morgan fingerprint density at radius 2 is 2.00 bits per heavy atom. The van der Waals surface area contributed by atoms with Crippen molar-refractivity contribution in [3.63, 3.8) is 0 Å². The van der Waals surface area contributed by atoms with Crippen molar-refractivity contribution < 1.29 is 19.0 Å². The molecule has 0 aromatic heterocycles. The van der Waals surface area contributed by atoms with Gasteiger partial charge in [-0.3, -0.25) is 0 Å². The summed E-state index contributed by atoms with van der Waals surface area (Å²) in [6.45, 7) is 2.51. The molecule has 1 atom stereocenters. The molecular formula is C17H25FO3. The molecule has 4 heteroatoms. The summed E-state index contributed by atoms with van der Waals surface area (Å²) in [5, 5.41) is 10.7. The van der Waals surface area contributed by atoms with E-state index in [2.05, 4.69) is 0 Å². The summed E-state index contributed by atoms with van der Waals surface area (Å²) >= 11 is 0. The molecule has 0 radical (unpaired) electrons. The molecule has 0 aliphatic heterocycles. The van der Waals surface area contributed by atoms with Gasteiger partial charge in [0.2, 0.25) is 0 Å². The summed E-state index contributed by atoms with van der Waals surface area (Å²) < 4.78 is 25.1. The predicted molar refractivity (Wildman–Crippen MR) is 80.1 cm³/mol. The highest BCUT2D eigenvalue weighted by molar-refractivity contribution is 5.31. The lowest BCUT2D eigenvalue weighted by Gasteiger charge is -2.41. The Bertz CT molecular complexity index is 450. The first kappa shape index (κ1) is 16.2. The molecule has 1 aliphatic carbocycles. The van der Waals surface area contributed by atoms with Crippen LogP contribution in [0.1, 0.15) is 44.6 Å². The molecule has 1 saturated carbocycles. The molecule has 3 nitrogen and oxygen atoms in total. The molecule has 1 aliphatic rings. The van der Waals surface area contributed by atoms with Gasteiger partial charge in [0.05, 0.1) is 18.8 Å². The Balaban J connectivity index is 2.17. The molecular weight excluding hydrogens is 271 g/mol. The molecule has 0 amide bonds. The number of aliphatic hydroxyl groups excluding tert-OH is 1. The molecule has 1 aromatic rings. The summed E-state index contributed by atoms with van der Waals surface area (Å²) in [7, 11) is 1.45. The van der Waals surface area contributed by atoms with Crippen molar-refractivity contribution in [1.29, 1.82) is 0 Å². The number of aliphatic hydroxyl groups is 1. The number of rotatable bonds is 6. The molecule has 0 spiro atoms. The van der Waals surface area contributed by atoms with Gasteiger partial charge < -0.3 is 14.6 Å². The third-order valence-electron chi connectivity index (χ3n) is 4.42. The number of hydrogen-bond acceptors (Lipinski definition) is 3. The zero-order valence-corrected chi connectivity index (χ0v) is 12.9. The number of halogens is 1. The van der Waals surface area contributed by atoms with Crippen molar-refractivity contribution in [1.82, 2.24) is 0 Å². The predicted octanol–water partition coefficient (Wildman–Crippen LogP) is 3.48. The van der Waals surface area contributed by atoms with Gasteiger partial charge in [-0.25, -0.2) is 4.39 Å². The van der Waals surface area contributed by atoms with E-state index < -0.39 is 11.7 Å². The minimum atomic E-state index is -0.695. The van der Waals surface area contributed by atoms with Crippen LogP contribution in [-0.4, -0.2) is 30.5 Å². The van der Waals surface area contributed by atoms with E-state index >= 15 is 0 Å². The zero-order valence-electron chi connectivity index (χ0n) is 12.9. The highest BCUT2D eigenvalue weighted by Gasteiger charge is 2.40. The summed E-state index contributed by atoms with van der Waals surface area (Å²) in [6, 6.07) is 5.03. The molecule has 21 heavy (non-hydrogen) atoms. The van der Waals surface area contributed by atoms with Crippen LogP contribution < -0.4 is 4.74 Å². The Morgan fingerprint density at radius 3 is 2.62 bits per heavy atom. The molecule has 1 unspecified atom stereocenters. The van der Waals surface area contributed by atoms with Crippen LogP contribution in [0.25, 0.3) is 0 Å². The summed E-state index contributed by atoms with van der Waals surface area (Å²) in [5.74, 6) is -0.171. The molecule has 118 valence electrons. The first-order valence-corrected chi connectivity index (χ1v) is 7.76. The fourth-order valence-electron chi connectivity index (χ4n) is 3.28. The van der Waals surface area contributed by atoms with Crippen molar-refractivity contribution in [2.24, 2.45) is 0 Å². The van der Waals surface area contributed by atoms with Crippen LogP contribution in [0, 0.1) is 5.82 Å². The second-order valence-electron chi connectivity index (χ2n) is 5.71. The van der Waals surface area contributed by atoms with E-state index in [0.29, 0.717) is 12.2 Å². The molecule has 0 saturated heterocycles. The Labute approximate surface area is 126 Å². The van der Waals surface area contributed by atoms with Crippen LogP contribution in [0.2, 0.25) is 0 Å². The summed E-state index contributed by atoms with van der Waals surface area (Å²) in [4.78, 5) is 0. The largest absolute Gasteiger partial charge is 0.494 e. The van der Waals surface area contributed by atoms with Crippen LogP contribution >= 0.6 is 0 Å². The first-order valence-electron chi connectivity index (χ1n) is 7.76. The van der Waals surface area contributed by atoms with E-state index in [-0.39, 0.29) is 18.0 Å². The minimum Gasteiger partial charge on any atom is -0.494 e. The number of hydrogen-bond donors (Lipinski definition) is 1. The van der Waals surface area contributed by atoms with Crippen molar-refractivity contribution in [2.45, 2.75) is 57.2 Å². The molecule has 1 N–H and O–H groups in total. The fraction of sp³-hybridized carbons (Fsp3) is 0.647. The minimum absolute atomic E-state index is 0.216. The SMILES string of the molecule is CCOC1(C(O)Cc2cccc(OC)c2F)CCCCC1. The molecule has 2 rings (SSSR count). The first-order chi connectivity index (χ1) is 10.1. The van der Waals surface area contributed by atoms with Gasteiger partial charge >= 0.3 is 0 Å². The van der Waals surface area contributed by atoms with Crippen molar-refractivity contribution in [2.75, 3.05) is 13.7 Å². The van der Waals surface area contributed by atoms with E-state index in [1.807, 2.05) is 6.92 Å². The average Bonchev–Trinajstić information content (AvgIpc) is 2.50. The zero-order chi connectivity index (χ0) is 15.3. The topological polar surface area (TPSA) is 38.7 Å². The van der Waals surface area contributed by atoms with Gasteiger partial charge in [-0.15, -0.1) is 0 Å². The standard InChI is InChI=1S/C17H25FO3/c1-3-21-17(10-5-4-6-11-17)15(19)12-13-8-7-9-14(20-2)16(13)18/h7-9,15,19H,3-6,10-12H2,1-2H3. The highest BCUT2D eigenvalue weighted by atomic mass is 19.1. The van der Waals surface area contributed by atoms with E-state index in [9.17, 15) is 9.50 Å². The summed E-state index contributed by atoms with van der Waals surface area (Å²) in [5.41, 5.74) is -0.0470. The Hall–Kier alpha value is -1.13. The maximum atomic E-state index is 14.2. The van der Waals surface area contributed by atoms with Crippen LogP contribution in [0.15, 0.2) is 18.2 Å². The average molecular weight is 296 g/mol. The van der Waals surface area contributed by atoms with Gasteiger partial charge in [0.25, 0.3) is 0 Å². The van der Waals surface area contributed by atoms with Crippen LogP contribution in [0.3, 0.4) is 0 Å². The monoisotopic (exact) mass is 296 g/mol. The second kappa shape index (κ2) is 7.23. The third kappa shape index (κ3) is 3.55. The van der Waals surface area contributed by atoms with Gasteiger partial charge in [-0.05, 0) is 31.4 Å². The van der Waals surface area contributed by atoms with Crippen molar-refractivity contribution >= 4 is 0 Å². The molecule has 0 bridgehead atoms. The van der Waals surface area contributed by atoms with E-state index in [4.69, 9.17) is 9.47 Å². The Kier molecular flexibility index (Phi) is 5.59. The second-order valence-corrected chi connectivity index (χ2v) is 5.71. The fourth-order valence-corrected chi connectivity index (χ4v) is 3.28. The number of ether oxygens (including phenoxy) is 2. The normalized spacial score (nSPS) is 19.2. The van der Waals surface area contributed by atoms with Crippen LogP contribution in [-0.2, 0) is 11.2 Å². The lowest BCUT2D eigenvalue weighted by Crippen LogP contribution is -2.47. The molecule has 0 heterocycles. The number of benzene rings is 1. The van der Waals surface area contributed by atoms with Gasteiger partial charge in [0.1, 0.15) is 0 Å². The number of methoxy groups -OCH3 is 1. The smallest absolute Gasteiger partial charge is 0.168 e. The van der Waals surface area contributed by atoms with Gasteiger partial charge in [0.15, 0.2) is 11.6 Å². The Morgan fingerprint density at radius 1 is 1.29 bits per heavy atom. The van der Waals surface area contributed by atoms with Crippen molar-refractivity contribution in [3.05, 3.63) is 29.6 Å². The summed E-state index contributed by atoms with van der Waals surface area (Å²) in [6.07, 6.45) is 4.52. The maximum Gasteiger partial charge on any atom is 0.168 e. The lowest BCUT2D eigenvalue weighted by atomic mass is 9.78.